The van der Waals surface area contributed by atoms with Crippen molar-refractivity contribution in [3.63, 3.8) is 0 Å². The third-order valence-corrected chi connectivity index (χ3v) is 2.57. The Bertz CT molecular complexity index is 656. The van der Waals surface area contributed by atoms with Crippen molar-refractivity contribution in [1.82, 2.24) is 19.6 Å². The Hall–Kier alpha value is -2.69. The maximum Gasteiger partial charge on any atom is 0.278 e. The van der Waals surface area contributed by atoms with E-state index >= 15 is 0 Å². The molecule has 0 aliphatic heterocycles. The Morgan fingerprint density at radius 2 is 1.83 bits per heavy atom. The Labute approximate surface area is 103 Å². The smallest absolute Gasteiger partial charge is 0.267 e. The van der Waals surface area contributed by atoms with Crippen molar-refractivity contribution < 1.29 is 4.79 Å². The molecule has 0 atom stereocenters. The van der Waals surface area contributed by atoms with Crippen LogP contribution in [0.2, 0.25) is 0 Å². The van der Waals surface area contributed by atoms with Gasteiger partial charge in [-0.3, -0.25) is 4.79 Å². The lowest BCUT2D eigenvalue weighted by Gasteiger charge is -2.04. The van der Waals surface area contributed by atoms with E-state index in [4.69, 9.17) is 0 Å². The fraction of sp³-hybridized carbons (Fsp3) is 0. The van der Waals surface area contributed by atoms with Crippen LogP contribution in [0.25, 0.3) is 5.69 Å². The second-order valence-corrected chi connectivity index (χ2v) is 3.76. The molecule has 18 heavy (non-hydrogen) atoms. The molecule has 2 heterocycles. The molecule has 0 saturated heterocycles. The molecule has 88 valence electrons. The molecule has 0 bridgehead atoms. The molecule has 0 N–H and O–H groups in total. The highest BCUT2D eigenvalue weighted by Crippen LogP contribution is 2.10. The summed E-state index contributed by atoms with van der Waals surface area (Å²) in [6.45, 7) is 0. The van der Waals surface area contributed by atoms with Gasteiger partial charge >= 0.3 is 0 Å². The molecule has 0 aliphatic rings. The van der Waals surface area contributed by atoms with E-state index in [-0.39, 0.29) is 5.91 Å². The molecular weight excluding hydrogens is 228 g/mol. The molecule has 1 aromatic carbocycles. The predicted molar refractivity (Wildman–Crippen MR) is 65.5 cm³/mol. The highest BCUT2D eigenvalue weighted by atomic mass is 16.2. The number of hydrogen-bond acceptors (Lipinski definition) is 3. The second kappa shape index (κ2) is 4.29. The van der Waals surface area contributed by atoms with Crippen LogP contribution in [0.4, 0.5) is 0 Å². The summed E-state index contributed by atoms with van der Waals surface area (Å²) in [6, 6.07) is 10.8. The van der Waals surface area contributed by atoms with Crippen LogP contribution in [0, 0.1) is 0 Å². The van der Waals surface area contributed by atoms with E-state index in [1.54, 1.807) is 41.5 Å². The van der Waals surface area contributed by atoms with E-state index in [0.29, 0.717) is 5.56 Å². The van der Waals surface area contributed by atoms with E-state index < -0.39 is 0 Å². The van der Waals surface area contributed by atoms with Gasteiger partial charge in [0.15, 0.2) is 0 Å². The first-order valence-corrected chi connectivity index (χ1v) is 5.49. The molecule has 0 fully saturated rings. The van der Waals surface area contributed by atoms with Crippen molar-refractivity contribution in [2.45, 2.75) is 0 Å². The molecule has 3 aromatic rings. The molecule has 3 rings (SSSR count). The number of nitrogens with zero attached hydrogens (tertiary/aromatic N) is 4. The standard InChI is InChI=1S/C13H10N4O/c18-13(17-9-3-7-15-17)11-4-1-5-12(10-11)16-8-2-6-14-16/h1-10H. The summed E-state index contributed by atoms with van der Waals surface area (Å²) in [4.78, 5) is 12.1. The van der Waals surface area contributed by atoms with Gasteiger partial charge in [-0.1, -0.05) is 6.07 Å². The second-order valence-electron chi connectivity index (χ2n) is 3.76. The lowest BCUT2D eigenvalue weighted by molar-refractivity contribution is 0.0945. The normalized spacial score (nSPS) is 10.4. The Kier molecular flexibility index (Phi) is 2.49. The van der Waals surface area contributed by atoms with E-state index in [0.717, 1.165) is 5.69 Å². The SMILES string of the molecule is O=C(c1cccc(-n2cccn2)c1)n1cccn1. The van der Waals surface area contributed by atoms with Crippen LogP contribution in [0.1, 0.15) is 10.4 Å². The van der Waals surface area contributed by atoms with Crippen LogP contribution in [0.15, 0.2) is 61.2 Å². The number of hydrogen-bond donors (Lipinski definition) is 0. The highest BCUT2D eigenvalue weighted by molar-refractivity contribution is 5.95. The number of benzene rings is 1. The van der Waals surface area contributed by atoms with Crippen LogP contribution in [0.5, 0.6) is 0 Å². The van der Waals surface area contributed by atoms with Gasteiger partial charge in [-0.2, -0.15) is 10.2 Å². The predicted octanol–water partition coefficient (Wildman–Crippen LogP) is 1.76. The number of rotatable bonds is 2. The van der Waals surface area contributed by atoms with Crippen LogP contribution in [0.3, 0.4) is 0 Å². The fourth-order valence-corrected chi connectivity index (χ4v) is 1.72. The van der Waals surface area contributed by atoms with E-state index in [1.807, 2.05) is 24.4 Å². The van der Waals surface area contributed by atoms with Gasteiger partial charge in [0.25, 0.3) is 5.91 Å². The number of aromatic nitrogens is 4. The van der Waals surface area contributed by atoms with Gasteiger partial charge in [0.05, 0.1) is 5.69 Å². The summed E-state index contributed by atoms with van der Waals surface area (Å²) in [5.74, 6) is -0.158. The molecule has 2 aromatic heterocycles. The molecule has 0 radical (unpaired) electrons. The first-order chi connectivity index (χ1) is 8.84. The van der Waals surface area contributed by atoms with E-state index in [2.05, 4.69) is 10.2 Å². The molecular formula is C13H10N4O. The number of carbonyl (C=O) groups excluding carboxylic acids is 1. The van der Waals surface area contributed by atoms with Gasteiger partial charge in [-0.15, -0.1) is 0 Å². The minimum atomic E-state index is -0.158. The van der Waals surface area contributed by atoms with Crippen LogP contribution < -0.4 is 0 Å². The summed E-state index contributed by atoms with van der Waals surface area (Å²) in [5, 5.41) is 8.06. The molecule has 0 saturated carbocycles. The van der Waals surface area contributed by atoms with Crippen LogP contribution in [-0.4, -0.2) is 25.5 Å². The molecule has 0 unspecified atom stereocenters. The lowest BCUT2D eigenvalue weighted by atomic mass is 10.2. The van der Waals surface area contributed by atoms with Crippen LogP contribution >= 0.6 is 0 Å². The van der Waals surface area contributed by atoms with Crippen molar-refractivity contribution in [2.75, 3.05) is 0 Å². The third-order valence-electron chi connectivity index (χ3n) is 2.57. The van der Waals surface area contributed by atoms with Crippen molar-refractivity contribution in [2.24, 2.45) is 0 Å². The summed E-state index contributed by atoms with van der Waals surface area (Å²) in [5.41, 5.74) is 1.42. The number of carbonyl (C=O) groups is 1. The minimum absolute atomic E-state index is 0.158. The van der Waals surface area contributed by atoms with E-state index in [1.165, 1.54) is 4.68 Å². The maximum atomic E-state index is 12.1. The fourth-order valence-electron chi connectivity index (χ4n) is 1.72. The largest absolute Gasteiger partial charge is 0.278 e. The average Bonchev–Trinajstić information content (AvgIpc) is 3.11. The first-order valence-electron chi connectivity index (χ1n) is 5.49. The quantitative estimate of drug-likeness (QED) is 0.683. The molecule has 5 nitrogen and oxygen atoms in total. The monoisotopic (exact) mass is 238 g/mol. The zero-order valence-corrected chi connectivity index (χ0v) is 9.47. The van der Waals surface area contributed by atoms with Gasteiger partial charge in [0.1, 0.15) is 0 Å². The van der Waals surface area contributed by atoms with Crippen molar-refractivity contribution >= 4 is 5.91 Å². The van der Waals surface area contributed by atoms with Crippen molar-refractivity contribution in [3.05, 3.63) is 66.7 Å². The summed E-state index contributed by atoms with van der Waals surface area (Å²) >= 11 is 0. The van der Waals surface area contributed by atoms with Crippen LogP contribution in [-0.2, 0) is 0 Å². The highest BCUT2D eigenvalue weighted by Gasteiger charge is 2.09. The summed E-state index contributed by atoms with van der Waals surface area (Å²) < 4.78 is 3.02. The van der Waals surface area contributed by atoms with E-state index in [9.17, 15) is 4.79 Å². The zero-order chi connectivity index (χ0) is 12.4. The third kappa shape index (κ3) is 1.82. The Balaban J connectivity index is 1.99. The van der Waals surface area contributed by atoms with Gasteiger partial charge in [-0.25, -0.2) is 9.36 Å². The van der Waals surface area contributed by atoms with Crippen molar-refractivity contribution in [1.29, 1.82) is 0 Å². The van der Waals surface area contributed by atoms with Gasteiger partial charge in [0, 0.05) is 30.4 Å². The summed E-state index contributed by atoms with van der Waals surface area (Å²) in [6.07, 6.45) is 6.73. The Morgan fingerprint density at radius 1 is 1.00 bits per heavy atom. The topological polar surface area (TPSA) is 52.7 Å². The van der Waals surface area contributed by atoms with Gasteiger partial charge in [0.2, 0.25) is 0 Å². The van der Waals surface area contributed by atoms with Gasteiger partial charge in [-0.05, 0) is 30.3 Å². The van der Waals surface area contributed by atoms with Crippen molar-refractivity contribution in [3.8, 4) is 5.69 Å². The molecule has 0 amide bonds. The molecule has 0 aliphatic carbocycles. The van der Waals surface area contributed by atoms with Gasteiger partial charge < -0.3 is 0 Å². The lowest BCUT2D eigenvalue weighted by Crippen LogP contribution is -2.12. The molecule has 0 spiro atoms. The first kappa shape index (κ1) is 10.5. The Morgan fingerprint density at radius 3 is 2.56 bits per heavy atom. The summed E-state index contributed by atoms with van der Waals surface area (Å²) in [7, 11) is 0. The average molecular weight is 238 g/mol. The maximum absolute atomic E-state index is 12.1. The zero-order valence-electron chi connectivity index (χ0n) is 9.47. The molecule has 5 heteroatoms. The minimum Gasteiger partial charge on any atom is -0.267 e.